The highest BCUT2D eigenvalue weighted by Gasteiger charge is 2.29. The number of hydrogen-bond acceptors (Lipinski definition) is 9. The Morgan fingerprint density at radius 1 is 0.981 bits per heavy atom. The SMILES string of the molecule is Cc1cc(N2CCOCC2)cc(F)c1C(=O)NC(Cc1ccc(-n2c(=O)c3ccncc3n(C)c2=O)c2ncccc12)C(=O)Oc1ccc2c(c1)CCC2. The molecule has 2 aliphatic rings. The summed E-state index contributed by atoms with van der Waals surface area (Å²) in [5.74, 6) is -1.87. The number of benzene rings is 3. The van der Waals surface area contributed by atoms with E-state index in [2.05, 4.69) is 15.3 Å². The predicted octanol–water partition coefficient (Wildman–Crippen LogP) is 4.35. The summed E-state index contributed by atoms with van der Waals surface area (Å²) in [6.07, 6.45) is 7.29. The summed E-state index contributed by atoms with van der Waals surface area (Å²) in [5.41, 5.74) is 3.64. The van der Waals surface area contributed by atoms with E-state index >= 15 is 4.39 Å². The van der Waals surface area contributed by atoms with E-state index in [4.69, 9.17) is 9.47 Å². The molecule has 12 nitrogen and oxygen atoms in total. The van der Waals surface area contributed by atoms with Gasteiger partial charge in [0.15, 0.2) is 0 Å². The van der Waals surface area contributed by atoms with Crippen molar-refractivity contribution in [3.05, 3.63) is 134 Å². The zero-order chi connectivity index (χ0) is 37.5. The van der Waals surface area contributed by atoms with E-state index in [1.807, 2.05) is 17.0 Å². The lowest BCUT2D eigenvalue weighted by atomic mass is 9.99. The van der Waals surface area contributed by atoms with Crippen LogP contribution in [-0.2, 0) is 35.8 Å². The van der Waals surface area contributed by atoms with Crippen molar-refractivity contribution in [2.75, 3.05) is 31.2 Å². The zero-order valence-corrected chi connectivity index (χ0v) is 29.8. The van der Waals surface area contributed by atoms with Crippen LogP contribution in [0.2, 0.25) is 0 Å². The molecule has 3 aromatic heterocycles. The molecule has 1 aliphatic carbocycles. The van der Waals surface area contributed by atoms with Crippen molar-refractivity contribution in [1.82, 2.24) is 24.4 Å². The number of morpholine rings is 1. The first-order chi connectivity index (χ1) is 26.2. The maximum Gasteiger partial charge on any atom is 0.335 e. The second kappa shape index (κ2) is 14.3. The molecule has 1 saturated heterocycles. The number of hydrogen-bond donors (Lipinski definition) is 1. The van der Waals surface area contributed by atoms with Gasteiger partial charge in [0.2, 0.25) is 0 Å². The van der Waals surface area contributed by atoms with Crippen LogP contribution >= 0.6 is 0 Å². The fourth-order valence-corrected chi connectivity index (χ4v) is 7.54. The molecule has 3 aromatic carbocycles. The Morgan fingerprint density at radius 2 is 1.80 bits per heavy atom. The molecule has 1 atom stereocenters. The number of amides is 1. The van der Waals surface area contributed by atoms with E-state index in [1.54, 1.807) is 62.6 Å². The van der Waals surface area contributed by atoms with E-state index in [0.29, 0.717) is 70.7 Å². The molecule has 0 spiro atoms. The minimum atomic E-state index is -1.26. The molecule has 274 valence electrons. The lowest BCUT2D eigenvalue weighted by molar-refractivity contribution is -0.136. The Hall–Kier alpha value is -6.21. The van der Waals surface area contributed by atoms with Crippen LogP contribution in [0.5, 0.6) is 5.75 Å². The lowest BCUT2D eigenvalue weighted by Gasteiger charge is -2.29. The van der Waals surface area contributed by atoms with Crippen LogP contribution in [0.4, 0.5) is 10.1 Å². The summed E-state index contributed by atoms with van der Waals surface area (Å²) in [6, 6.07) is 15.7. The second-order valence-corrected chi connectivity index (χ2v) is 13.7. The van der Waals surface area contributed by atoms with Gasteiger partial charge in [-0.25, -0.2) is 18.5 Å². The predicted molar refractivity (Wildman–Crippen MR) is 201 cm³/mol. The lowest BCUT2D eigenvalue weighted by Crippen LogP contribution is -2.45. The molecule has 1 amide bonds. The van der Waals surface area contributed by atoms with Crippen LogP contribution in [0.1, 0.15) is 39.0 Å². The first kappa shape index (κ1) is 34.9. The zero-order valence-electron chi connectivity index (χ0n) is 29.8. The smallest absolute Gasteiger partial charge is 0.335 e. The monoisotopic (exact) mass is 728 g/mol. The van der Waals surface area contributed by atoms with Crippen molar-refractivity contribution in [2.45, 2.75) is 38.6 Å². The largest absolute Gasteiger partial charge is 0.425 e. The number of anilines is 1. The van der Waals surface area contributed by atoms with E-state index in [0.717, 1.165) is 29.4 Å². The van der Waals surface area contributed by atoms with Gasteiger partial charge in [0.05, 0.1) is 47.1 Å². The molecule has 6 aromatic rings. The number of nitrogens with one attached hydrogen (secondary N) is 1. The van der Waals surface area contributed by atoms with Gasteiger partial charge in [0.1, 0.15) is 17.6 Å². The van der Waals surface area contributed by atoms with Crippen LogP contribution in [0, 0.1) is 12.7 Å². The highest BCUT2D eigenvalue weighted by Crippen LogP contribution is 2.29. The molecule has 1 unspecified atom stereocenters. The number of aryl methyl sites for hydroxylation is 4. The summed E-state index contributed by atoms with van der Waals surface area (Å²) >= 11 is 0. The summed E-state index contributed by atoms with van der Waals surface area (Å²) in [6.45, 7) is 3.91. The first-order valence-corrected chi connectivity index (χ1v) is 17.9. The Bertz CT molecular complexity index is 2570. The maximum atomic E-state index is 15.8. The molecule has 1 N–H and O–H groups in total. The Kier molecular flexibility index (Phi) is 9.24. The number of halogens is 1. The quantitative estimate of drug-likeness (QED) is 0.179. The van der Waals surface area contributed by atoms with Crippen LogP contribution in [0.3, 0.4) is 0 Å². The Balaban J connectivity index is 1.17. The van der Waals surface area contributed by atoms with Crippen molar-refractivity contribution in [1.29, 1.82) is 0 Å². The fourth-order valence-electron chi connectivity index (χ4n) is 7.54. The van der Waals surface area contributed by atoms with Crippen molar-refractivity contribution in [2.24, 2.45) is 7.05 Å². The van der Waals surface area contributed by atoms with Gasteiger partial charge in [-0.1, -0.05) is 18.2 Å². The molecule has 0 bridgehead atoms. The van der Waals surface area contributed by atoms with Crippen LogP contribution in [-0.4, -0.2) is 63.3 Å². The standard InChI is InChI=1S/C41H37FN6O6/c1-24-19-28(47-15-17-53-18-16-47)22-32(42)36(24)38(49)45-33(40(51)54-29-10-8-25-5-3-6-26(25)20-29)21-27-9-11-34(37-30(27)7-4-13-44-37)48-39(50)31-12-14-43-23-35(31)46(2)41(48)52/h4,7-14,19-20,22-23,33H,3,5-6,15-18,21H2,1-2H3,(H,45,49). The third kappa shape index (κ3) is 6.40. The van der Waals surface area contributed by atoms with Gasteiger partial charge in [-0.3, -0.25) is 24.1 Å². The minimum absolute atomic E-state index is 0.0686. The van der Waals surface area contributed by atoms with E-state index in [9.17, 15) is 19.2 Å². The third-order valence-corrected chi connectivity index (χ3v) is 10.3. The number of carbonyl (C=O) groups is 2. The fraction of sp³-hybridized carbons (Fsp3) is 0.268. The molecule has 0 saturated carbocycles. The number of pyridine rings is 2. The van der Waals surface area contributed by atoms with Gasteiger partial charge in [-0.05, 0) is 90.9 Å². The van der Waals surface area contributed by atoms with Crippen LogP contribution in [0.25, 0.3) is 27.5 Å². The van der Waals surface area contributed by atoms with Gasteiger partial charge in [-0.15, -0.1) is 0 Å². The summed E-state index contributed by atoms with van der Waals surface area (Å²) < 4.78 is 29.5. The summed E-state index contributed by atoms with van der Waals surface area (Å²) in [5, 5.41) is 3.62. The van der Waals surface area contributed by atoms with Gasteiger partial charge < -0.3 is 19.7 Å². The van der Waals surface area contributed by atoms with Crippen molar-refractivity contribution in [3.63, 3.8) is 0 Å². The molecule has 8 rings (SSSR count). The van der Waals surface area contributed by atoms with Gasteiger partial charge in [0, 0.05) is 50.0 Å². The highest BCUT2D eigenvalue weighted by atomic mass is 19.1. The van der Waals surface area contributed by atoms with Crippen molar-refractivity contribution >= 4 is 39.4 Å². The topological polar surface area (TPSA) is 138 Å². The summed E-state index contributed by atoms with van der Waals surface area (Å²) in [4.78, 5) is 65.9. The Morgan fingerprint density at radius 3 is 2.61 bits per heavy atom. The average Bonchev–Trinajstić information content (AvgIpc) is 3.66. The Labute approximate surface area is 308 Å². The van der Waals surface area contributed by atoms with E-state index in [1.165, 1.54) is 28.6 Å². The minimum Gasteiger partial charge on any atom is -0.425 e. The van der Waals surface area contributed by atoms with E-state index in [-0.39, 0.29) is 17.7 Å². The first-order valence-electron chi connectivity index (χ1n) is 17.9. The molecule has 1 aliphatic heterocycles. The van der Waals surface area contributed by atoms with Crippen molar-refractivity contribution in [3.8, 4) is 11.4 Å². The number of aromatic nitrogens is 4. The number of esters is 1. The molecule has 54 heavy (non-hydrogen) atoms. The van der Waals surface area contributed by atoms with Crippen LogP contribution in [0.15, 0.2) is 88.8 Å². The molecular formula is C41H37FN6O6. The number of rotatable bonds is 8. The normalized spacial score (nSPS) is 14.6. The molecule has 0 radical (unpaired) electrons. The number of ether oxygens (including phenoxy) is 2. The van der Waals surface area contributed by atoms with Gasteiger partial charge in [0.25, 0.3) is 11.5 Å². The second-order valence-electron chi connectivity index (χ2n) is 13.7. The highest BCUT2D eigenvalue weighted by molar-refractivity contribution is 5.99. The number of nitrogens with zero attached hydrogens (tertiary/aromatic N) is 5. The van der Waals surface area contributed by atoms with E-state index < -0.39 is 35.0 Å². The maximum absolute atomic E-state index is 15.8. The number of fused-ring (bicyclic) bond motifs is 3. The van der Waals surface area contributed by atoms with Gasteiger partial charge >= 0.3 is 11.7 Å². The van der Waals surface area contributed by atoms with Crippen LogP contribution < -0.4 is 26.2 Å². The molecule has 4 heterocycles. The molecule has 1 fully saturated rings. The third-order valence-electron chi connectivity index (χ3n) is 10.3. The number of carbonyl (C=O) groups excluding carboxylic acids is 2. The molecule has 13 heteroatoms. The van der Waals surface area contributed by atoms with Gasteiger partial charge in [-0.2, -0.15) is 0 Å². The average molecular weight is 729 g/mol. The molecular weight excluding hydrogens is 691 g/mol. The summed E-state index contributed by atoms with van der Waals surface area (Å²) in [7, 11) is 1.56. The van der Waals surface area contributed by atoms with Crippen molar-refractivity contribution < 1.29 is 23.5 Å².